The molecule has 2 aliphatic carbocycles. The van der Waals surface area contributed by atoms with E-state index in [1.54, 1.807) is 0 Å². The molecule has 0 aromatic carbocycles. The molecule has 0 amide bonds. The minimum Gasteiger partial charge on any atom is -0.704 e. The maximum Gasteiger partial charge on any atom is 0.233 e. The quantitative estimate of drug-likeness (QED) is 0.548. The summed E-state index contributed by atoms with van der Waals surface area (Å²) in [5.74, 6) is 0. The van der Waals surface area contributed by atoms with Gasteiger partial charge in [-0.15, -0.1) is 0 Å². The summed E-state index contributed by atoms with van der Waals surface area (Å²) in [6, 6.07) is -0.0960. The fraction of sp³-hybridized carbons (Fsp3) is 1.00. The Hall–Kier alpha value is -0.640. The van der Waals surface area contributed by atoms with E-state index < -0.39 is 0 Å². The highest BCUT2D eigenvalue weighted by Crippen LogP contribution is 2.25. The van der Waals surface area contributed by atoms with Crippen molar-refractivity contribution in [3.8, 4) is 0 Å². The zero-order valence-corrected chi connectivity index (χ0v) is 9.94. The van der Waals surface area contributed by atoms with Crippen LogP contribution in [-0.2, 0) is 0 Å². The second-order valence-electron chi connectivity index (χ2n) is 5.19. The van der Waals surface area contributed by atoms with Crippen molar-refractivity contribution in [2.75, 3.05) is 0 Å². The number of nitroso groups, excluding NO2 is 1. The van der Waals surface area contributed by atoms with Crippen molar-refractivity contribution in [2.45, 2.75) is 76.3 Å². The highest BCUT2D eigenvalue weighted by molar-refractivity contribution is 4.72. The van der Waals surface area contributed by atoms with Gasteiger partial charge in [0.25, 0.3) is 0 Å². The monoisotopic (exact) mass is 226 g/mol. The molecule has 4 heteroatoms. The largest absolute Gasteiger partial charge is 0.704 e. The summed E-state index contributed by atoms with van der Waals surface area (Å²) >= 11 is 0. The van der Waals surface area contributed by atoms with Gasteiger partial charge in [-0.3, -0.25) is 0 Å². The predicted octanol–water partition coefficient (Wildman–Crippen LogP) is 3.15. The summed E-state index contributed by atoms with van der Waals surface area (Å²) in [5.41, 5.74) is 0. The lowest BCUT2D eigenvalue weighted by molar-refractivity contribution is -0.732. The molecule has 0 unspecified atom stereocenters. The topological polar surface area (TPSA) is 46.4 Å². The molecule has 2 saturated carbocycles. The number of hydroxylamine groups is 1. The number of hydrogen-bond donors (Lipinski definition) is 0. The van der Waals surface area contributed by atoms with E-state index >= 15 is 0 Å². The maximum absolute atomic E-state index is 11.9. The molecule has 0 N–H and O–H groups in total. The zero-order valence-electron chi connectivity index (χ0n) is 9.94. The van der Waals surface area contributed by atoms with Gasteiger partial charge >= 0.3 is 0 Å². The van der Waals surface area contributed by atoms with Gasteiger partial charge in [-0.25, -0.2) is 0 Å². The smallest absolute Gasteiger partial charge is 0.233 e. The lowest BCUT2D eigenvalue weighted by Crippen LogP contribution is -2.44. The van der Waals surface area contributed by atoms with E-state index in [2.05, 4.69) is 0 Å². The average Bonchev–Trinajstić information content (AvgIpc) is 2.39. The molecular formula is C12H22N2O2. The van der Waals surface area contributed by atoms with Crippen molar-refractivity contribution >= 4 is 0 Å². The molecule has 2 aliphatic rings. The lowest BCUT2D eigenvalue weighted by Gasteiger charge is -2.33. The van der Waals surface area contributed by atoms with E-state index in [0.717, 1.165) is 61.4 Å². The maximum atomic E-state index is 11.9. The van der Waals surface area contributed by atoms with Gasteiger partial charge in [0, 0.05) is 12.8 Å². The van der Waals surface area contributed by atoms with Gasteiger partial charge in [0.2, 0.25) is 6.04 Å². The molecule has 0 spiro atoms. The van der Waals surface area contributed by atoms with E-state index in [0.29, 0.717) is 0 Å². The first-order valence-corrected chi connectivity index (χ1v) is 6.71. The summed E-state index contributed by atoms with van der Waals surface area (Å²) in [4.78, 5) is 12.7. The summed E-state index contributed by atoms with van der Waals surface area (Å²) in [6.07, 6.45) is 10.4. The van der Waals surface area contributed by atoms with Crippen LogP contribution in [0.4, 0.5) is 0 Å². The zero-order chi connectivity index (χ0) is 11.4. The lowest BCUT2D eigenvalue weighted by atomic mass is 9.94. The van der Waals surface area contributed by atoms with Crippen LogP contribution in [0.25, 0.3) is 0 Å². The van der Waals surface area contributed by atoms with Gasteiger partial charge in [-0.05, 0) is 25.7 Å². The van der Waals surface area contributed by atoms with Gasteiger partial charge in [-0.2, -0.15) is 5.17 Å². The highest BCUT2D eigenvalue weighted by Gasteiger charge is 2.32. The van der Waals surface area contributed by atoms with Crippen molar-refractivity contribution in [1.29, 1.82) is 0 Å². The Kier molecular flexibility index (Phi) is 4.16. The normalized spacial score (nSPS) is 24.3. The van der Waals surface area contributed by atoms with Gasteiger partial charge in [0.05, 0.1) is 10.9 Å². The van der Waals surface area contributed by atoms with E-state index in [1.165, 1.54) is 12.8 Å². The van der Waals surface area contributed by atoms with Crippen molar-refractivity contribution in [3.05, 3.63) is 10.1 Å². The minimum absolute atomic E-state index is 0.0480. The predicted molar refractivity (Wildman–Crippen MR) is 62.6 cm³/mol. The van der Waals surface area contributed by atoms with Crippen molar-refractivity contribution < 1.29 is 4.87 Å². The highest BCUT2D eigenvalue weighted by atomic mass is 16.6. The third-order valence-electron chi connectivity index (χ3n) is 3.97. The number of hydrogen-bond acceptors (Lipinski definition) is 2. The van der Waals surface area contributed by atoms with Crippen LogP contribution in [0.5, 0.6) is 0 Å². The van der Waals surface area contributed by atoms with Crippen LogP contribution in [0.15, 0.2) is 0 Å². The van der Waals surface area contributed by atoms with Crippen LogP contribution < -0.4 is 0 Å². The van der Waals surface area contributed by atoms with E-state index in [4.69, 9.17) is 0 Å². The molecule has 0 aromatic heterocycles. The first-order valence-electron chi connectivity index (χ1n) is 6.71. The Bertz CT molecular complexity index is 233. The Morgan fingerprint density at radius 1 is 0.875 bits per heavy atom. The van der Waals surface area contributed by atoms with Crippen LogP contribution in [0.1, 0.15) is 64.2 Å². The van der Waals surface area contributed by atoms with Crippen molar-refractivity contribution in [1.82, 2.24) is 5.17 Å². The van der Waals surface area contributed by atoms with Gasteiger partial charge in [-0.1, -0.05) is 25.7 Å². The molecule has 92 valence electrons. The molecule has 0 bridgehead atoms. The average molecular weight is 226 g/mol. The third kappa shape index (κ3) is 2.73. The third-order valence-corrected chi connectivity index (χ3v) is 3.97. The fourth-order valence-electron chi connectivity index (χ4n) is 2.93. The first-order chi connectivity index (χ1) is 7.79. The first kappa shape index (κ1) is 11.8. The molecule has 0 aliphatic heterocycles. The summed E-state index contributed by atoms with van der Waals surface area (Å²) in [6.45, 7) is 0. The summed E-state index contributed by atoms with van der Waals surface area (Å²) in [7, 11) is 0. The van der Waals surface area contributed by atoms with Crippen LogP contribution >= 0.6 is 0 Å². The molecular weight excluding hydrogens is 204 g/mol. The molecule has 2 rings (SSSR count). The molecule has 0 aromatic rings. The number of hydrazine groups is 1. The molecule has 0 saturated heterocycles. The van der Waals surface area contributed by atoms with Gasteiger partial charge in [0.1, 0.15) is 4.87 Å². The van der Waals surface area contributed by atoms with E-state index in [1.807, 2.05) is 0 Å². The van der Waals surface area contributed by atoms with Crippen LogP contribution in [0.3, 0.4) is 0 Å². The number of nitrogens with zero attached hydrogens (tertiary/aromatic N) is 2. The SMILES string of the molecule is O=[N+](C1CCCCC1)N([O-])C1CCCCC1. The Balaban J connectivity index is 1.86. The number of rotatable bonds is 3. The molecule has 0 atom stereocenters. The van der Waals surface area contributed by atoms with Gasteiger partial charge in [0.15, 0.2) is 0 Å². The molecule has 0 radical (unpaired) electrons. The standard InChI is InChI=1S/C12H22N2O2/c15-13(11-7-3-1-4-8-11)14(16)12-9-5-2-6-10-12/h11-12H,1-10H2. The summed E-state index contributed by atoms with van der Waals surface area (Å²) < 4.78 is 0. The van der Waals surface area contributed by atoms with Crippen molar-refractivity contribution in [3.63, 3.8) is 0 Å². The molecule has 4 nitrogen and oxygen atoms in total. The minimum atomic E-state index is -0.0480. The molecule has 16 heavy (non-hydrogen) atoms. The van der Waals surface area contributed by atoms with E-state index in [9.17, 15) is 10.1 Å². The fourth-order valence-corrected chi connectivity index (χ4v) is 2.93. The molecule has 2 fully saturated rings. The Morgan fingerprint density at radius 2 is 1.38 bits per heavy atom. The second-order valence-corrected chi connectivity index (χ2v) is 5.19. The second kappa shape index (κ2) is 5.62. The van der Waals surface area contributed by atoms with Gasteiger partial charge < -0.3 is 5.21 Å². The van der Waals surface area contributed by atoms with Crippen molar-refractivity contribution in [2.24, 2.45) is 0 Å². The van der Waals surface area contributed by atoms with Crippen LogP contribution in [-0.4, -0.2) is 22.1 Å². The Labute approximate surface area is 97.1 Å². The van der Waals surface area contributed by atoms with Crippen LogP contribution in [0, 0.1) is 10.1 Å². The van der Waals surface area contributed by atoms with E-state index in [-0.39, 0.29) is 12.1 Å². The van der Waals surface area contributed by atoms with Crippen LogP contribution in [0.2, 0.25) is 0 Å². The molecule has 0 heterocycles. The summed E-state index contributed by atoms with van der Waals surface area (Å²) in [5, 5.41) is 12.7. The Morgan fingerprint density at radius 3 is 1.94 bits per heavy atom.